The first kappa shape index (κ1) is 21.9. The number of nitrogens with one attached hydrogen (secondary N) is 2. The molecular formula is C22H29N7O3. The maximum atomic E-state index is 12.6. The number of carbonyl (C=O) groups is 1. The van der Waals surface area contributed by atoms with E-state index >= 15 is 0 Å². The largest absolute Gasteiger partial charge is 0.476 e. The van der Waals surface area contributed by atoms with Gasteiger partial charge >= 0.3 is 0 Å². The molecule has 0 bridgehead atoms. The van der Waals surface area contributed by atoms with Gasteiger partial charge in [0.15, 0.2) is 5.82 Å². The van der Waals surface area contributed by atoms with E-state index in [1.807, 2.05) is 12.1 Å². The maximum Gasteiger partial charge on any atom is 0.275 e. The summed E-state index contributed by atoms with van der Waals surface area (Å²) in [7, 11) is 3.32. The highest BCUT2D eigenvalue weighted by Crippen LogP contribution is 2.41. The minimum Gasteiger partial charge on any atom is -0.476 e. The van der Waals surface area contributed by atoms with Gasteiger partial charge in [0.2, 0.25) is 5.88 Å². The zero-order valence-electron chi connectivity index (χ0n) is 18.8. The zero-order chi connectivity index (χ0) is 22.7. The topological polar surface area (TPSA) is 120 Å². The van der Waals surface area contributed by atoms with Crippen molar-refractivity contribution in [2.45, 2.75) is 45.1 Å². The molecule has 2 N–H and O–H groups in total. The van der Waals surface area contributed by atoms with Gasteiger partial charge in [-0.1, -0.05) is 13.8 Å². The van der Waals surface area contributed by atoms with E-state index in [4.69, 9.17) is 9.47 Å². The van der Waals surface area contributed by atoms with Crippen LogP contribution in [-0.4, -0.2) is 49.8 Å². The third-order valence-corrected chi connectivity index (χ3v) is 5.76. The Hall–Kier alpha value is -3.27. The number of methoxy groups -OCH3 is 1. The molecule has 1 saturated carbocycles. The van der Waals surface area contributed by atoms with E-state index in [9.17, 15) is 4.79 Å². The Balaban J connectivity index is 1.28. The number of aromatic nitrogens is 6. The smallest absolute Gasteiger partial charge is 0.275 e. The molecule has 4 rings (SSSR count). The summed E-state index contributed by atoms with van der Waals surface area (Å²) >= 11 is 0. The van der Waals surface area contributed by atoms with Gasteiger partial charge in [-0.2, -0.15) is 15.3 Å². The normalized spacial score (nSPS) is 17.9. The second-order valence-electron chi connectivity index (χ2n) is 8.53. The van der Waals surface area contributed by atoms with Crippen LogP contribution >= 0.6 is 0 Å². The number of amides is 1. The van der Waals surface area contributed by atoms with Crippen molar-refractivity contribution >= 4 is 11.7 Å². The Morgan fingerprint density at radius 2 is 2.16 bits per heavy atom. The van der Waals surface area contributed by atoms with Crippen LogP contribution in [0.1, 0.15) is 66.0 Å². The Kier molecular flexibility index (Phi) is 6.50. The van der Waals surface area contributed by atoms with Gasteiger partial charge in [-0.25, -0.2) is 0 Å². The molecule has 3 aromatic rings. The van der Waals surface area contributed by atoms with Gasteiger partial charge in [0, 0.05) is 37.4 Å². The first-order chi connectivity index (χ1) is 15.4. The van der Waals surface area contributed by atoms with Gasteiger partial charge < -0.3 is 14.8 Å². The van der Waals surface area contributed by atoms with Crippen molar-refractivity contribution in [1.29, 1.82) is 0 Å². The van der Waals surface area contributed by atoms with Crippen LogP contribution in [0, 0.1) is 5.92 Å². The second kappa shape index (κ2) is 9.47. The molecule has 0 atom stereocenters. The van der Waals surface area contributed by atoms with E-state index in [1.165, 1.54) is 4.68 Å². The van der Waals surface area contributed by atoms with Gasteiger partial charge in [0.25, 0.3) is 5.91 Å². The molecule has 1 fully saturated rings. The number of ether oxygens (including phenoxy) is 2. The fourth-order valence-corrected chi connectivity index (χ4v) is 3.95. The van der Waals surface area contributed by atoms with Crippen LogP contribution in [0.25, 0.3) is 0 Å². The number of nitrogens with zero attached hydrogens (tertiary/aromatic N) is 5. The quantitative estimate of drug-likeness (QED) is 0.526. The van der Waals surface area contributed by atoms with E-state index < -0.39 is 0 Å². The summed E-state index contributed by atoms with van der Waals surface area (Å²) < 4.78 is 12.6. The molecule has 1 aliphatic carbocycles. The molecule has 0 spiro atoms. The first-order valence-corrected chi connectivity index (χ1v) is 10.8. The molecule has 3 aromatic heterocycles. The highest BCUT2D eigenvalue weighted by molar-refractivity contribution is 6.02. The molecule has 10 heteroatoms. The third-order valence-electron chi connectivity index (χ3n) is 5.76. The predicted octanol–water partition coefficient (Wildman–Crippen LogP) is 3.03. The Bertz CT molecular complexity index is 1070. The standard InChI is InChI=1S/C22H29N7O3/c1-13(2)17-5-6-23-27-22(17)32-11-14-7-15(8-14)18-10-20(26-25-18)24-21(30)19-9-16(12-31-4)28-29(19)3/h5-6,9-10,13-15H,7-8,11-12H2,1-4H3,(H2,24,25,26,30)/t14-,15-. The Labute approximate surface area is 186 Å². The second-order valence-corrected chi connectivity index (χ2v) is 8.53. The maximum absolute atomic E-state index is 12.6. The minimum absolute atomic E-state index is 0.259. The predicted molar refractivity (Wildman–Crippen MR) is 118 cm³/mol. The van der Waals surface area contributed by atoms with Crippen molar-refractivity contribution in [3.8, 4) is 5.88 Å². The van der Waals surface area contributed by atoms with Crippen LogP contribution in [0.4, 0.5) is 5.82 Å². The molecule has 1 amide bonds. The van der Waals surface area contributed by atoms with Crippen molar-refractivity contribution in [3.63, 3.8) is 0 Å². The van der Waals surface area contributed by atoms with E-state index in [0.717, 1.165) is 24.1 Å². The summed E-state index contributed by atoms with van der Waals surface area (Å²) in [5, 5.41) is 22.5. The lowest BCUT2D eigenvalue weighted by atomic mass is 9.74. The number of aryl methyl sites for hydroxylation is 1. The Morgan fingerprint density at radius 3 is 2.91 bits per heavy atom. The molecule has 32 heavy (non-hydrogen) atoms. The van der Waals surface area contributed by atoms with Gasteiger partial charge in [-0.05, 0) is 36.8 Å². The highest BCUT2D eigenvalue weighted by Gasteiger charge is 2.32. The molecule has 0 aromatic carbocycles. The van der Waals surface area contributed by atoms with Gasteiger partial charge in [-0.3, -0.25) is 14.6 Å². The van der Waals surface area contributed by atoms with Crippen molar-refractivity contribution in [3.05, 3.63) is 47.0 Å². The number of hydrogen-bond acceptors (Lipinski definition) is 7. The number of aromatic amines is 1. The molecule has 3 heterocycles. The molecule has 0 saturated heterocycles. The summed E-state index contributed by atoms with van der Waals surface area (Å²) in [6.45, 7) is 5.21. The summed E-state index contributed by atoms with van der Waals surface area (Å²) in [4.78, 5) is 12.6. The van der Waals surface area contributed by atoms with Gasteiger partial charge in [0.05, 0.1) is 25.1 Å². The highest BCUT2D eigenvalue weighted by atomic mass is 16.5. The van der Waals surface area contributed by atoms with Gasteiger partial charge in [-0.15, -0.1) is 5.10 Å². The van der Waals surface area contributed by atoms with E-state index in [-0.39, 0.29) is 5.91 Å². The average Bonchev–Trinajstić information content (AvgIpc) is 3.33. The lowest BCUT2D eigenvalue weighted by Crippen LogP contribution is -2.27. The van der Waals surface area contributed by atoms with Crippen LogP contribution in [0.15, 0.2) is 24.4 Å². The van der Waals surface area contributed by atoms with Crippen LogP contribution in [0.2, 0.25) is 0 Å². The number of hydrogen-bond donors (Lipinski definition) is 2. The number of carbonyl (C=O) groups excluding carboxylic acids is 1. The number of anilines is 1. The fourth-order valence-electron chi connectivity index (χ4n) is 3.95. The molecule has 0 aliphatic heterocycles. The van der Waals surface area contributed by atoms with Gasteiger partial charge in [0.1, 0.15) is 5.69 Å². The molecule has 1 aliphatic rings. The summed E-state index contributed by atoms with van der Waals surface area (Å²) in [6.07, 6.45) is 3.69. The SMILES string of the molecule is COCc1cc(C(=O)Nc2cc([C@H]3C[C@H](COc4nnccc4C(C)C)C3)[nH]n2)n(C)n1. The summed E-state index contributed by atoms with van der Waals surface area (Å²) in [5.41, 5.74) is 3.25. The average molecular weight is 440 g/mol. The van der Waals surface area contributed by atoms with Crippen molar-refractivity contribution < 1.29 is 14.3 Å². The van der Waals surface area contributed by atoms with E-state index in [1.54, 1.807) is 26.4 Å². The summed E-state index contributed by atoms with van der Waals surface area (Å²) in [5.74, 6) is 2.04. The van der Waals surface area contributed by atoms with Crippen molar-refractivity contribution in [2.75, 3.05) is 19.0 Å². The van der Waals surface area contributed by atoms with Crippen LogP contribution < -0.4 is 10.1 Å². The van der Waals surface area contributed by atoms with E-state index in [2.05, 4.69) is 44.7 Å². The van der Waals surface area contributed by atoms with Crippen LogP contribution in [-0.2, 0) is 18.4 Å². The van der Waals surface area contributed by atoms with Crippen molar-refractivity contribution in [2.24, 2.45) is 13.0 Å². The fraction of sp³-hybridized carbons (Fsp3) is 0.500. The molecule has 0 radical (unpaired) electrons. The van der Waals surface area contributed by atoms with Crippen LogP contribution in [0.3, 0.4) is 0 Å². The Morgan fingerprint density at radius 1 is 1.34 bits per heavy atom. The third kappa shape index (κ3) is 4.80. The molecule has 0 unspecified atom stereocenters. The lowest BCUT2D eigenvalue weighted by Gasteiger charge is -2.34. The molecule has 10 nitrogen and oxygen atoms in total. The minimum atomic E-state index is -0.259. The molecule has 170 valence electrons. The first-order valence-electron chi connectivity index (χ1n) is 10.8. The molecular weight excluding hydrogens is 410 g/mol. The lowest BCUT2D eigenvalue weighted by molar-refractivity contribution is 0.101. The number of rotatable bonds is 9. The monoisotopic (exact) mass is 439 g/mol. The summed E-state index contributed by atoms with van der Waals surface area (Å²) in [6, 6.07) is 5.57. The zero-order valence-corrected chi connectivity index (χ0v) is 18.8. The van der Waals surface area contributed by atoms with Crippen LogP contribution in [0.5, 0.6) is 5.88 Å². The van der Waals surface area contributed by atoms with Crippen molar-refractivity contribution in [1.82, 2.24) is 30.2 Å². The number of H-pyrrole nitrogens is 1. The van der Waals surface area contributed by atoms with E-state index in [0.29, 0.717) is 54.1 Å².